The van der Waals surface area contributed by atoms with Crippen LogP contribution in [0.15, 0.2) is 34.0 Å². The topological polar surface area (TPSA) is 200 Å². The maximum atomic E-state index is 12.7. The first-order valence-corrected chi connectivity index (χ1v) is 10.8. The number of fused-ring (bicyclic) bond motifs is 1. The predicted molar refractivity (Wildman–Crippen MR) is 114 cm³/mol. The Bertz CT molecular complexity index is 1050. The number of aliphatic carboxylic acids is 1. The Morgan fingerprint density at radius 2 is 2.22 bits per heavy atom. The fourth-order valence-electron chi connectivity index (χ4n) is 2.99. The van der Waals surface area contributed by atoms with E-state index in [4.69, 9.17) is 16.3 Å². The van der Waals surface area contributed by atoms with Crippen molar-refractivity contribution in [2.75, 3.05) is 25.2 Å². The van der Waals surface area contributed by atoms with Gasteiger partial charge >= 0.3 is 12.1 Å². The minimum atomic E-state index is -1.30. The molecular weight excluding hydrogens is 464 g/mol. The molecular formula is C17H18N6O7S2. The van der Waals surface area contributed by atoms with Gasteiger partial charge in [-0.3, -0.25) is 14.5 Å². The molecule has 1 aromatic rings. The quantitative estimate of drug-likeness (QED) is 0.212. The fraction of sp³-hybridized carbons (Fsp3) is 0.294. The number of amides is 3. The van der Waals surface area contributed by atoms with E-state index < -0.39 is 35.3 Å². The number of nitrogen functional groups attached to an aromatic ring is 1. The van der Waals surface area contributed by atoms with Crippen molar-refractivity contribution in [1.82, 2.24) is 15.2 Å². The number of primary amides is 1. The smallest absolute Gasteiger partial charge is 0.404 e. The number of anilines is 1. The van der Waals surface area contributed by atoms with Gasteiger partial charge < -0.3 is 31.5 Å². The van der Waals surface area contributed by atoms with Crippen LogP contribution in [0.2, 0.25) is 0 Å². The summed E-state index contributed by atoms with van der Waals surface area (Å²) in [4.78, 5) is 57.6. The number of nitrogens with two attached hydrogens (primary N) is 2. The van der Waals surface area contributed by atoms with Crippen LogP contribution in [0.4, 0.5) is 9.93 Å². The van der Waals surface area contributed by atoms with Crippen molar-refractivity contribution in [1.29, 1.82) is 0 Å². The van der Waals surface area contributed by atoms with Gasteiger partial charge in [-0.25, -0.2) is 14.6 Å². The van der Waals surface area contributed by atoms with Crippen LogP contribution in [0, 0.1) is 0 Å². The molecule has 2 aliphatic rings. The van der Waals surface area contributed by atoms with Crippen molar-refractivity contribution in [2.45, 2.75) is 11.4 Å². The number of hydrogen-bond acceptors (Lipinski definition) is 11. The van der Waals surface area contributed by atoms with Crippen LogP contribution in [0.1, 0.15) is 5.69 Å². The highest BCUT2D eigenvalue weighted by Gasteiger charge is 2.54. The summed E-state index contributed by atoms with van der Waals surface area (Å²) in [7, 11) is 1.25. The molecule has 3 heterocycles. The minimum Gasteiger partial charge on any atom is -0.477 e. The van der Waals surface area contributed by atoms with Crippen LogP contribution in [-0.2, 0) is 24.0 Å². The van der Waals surface area contributed by atoms with E-state index in [0.29, 0.717) is 5.57 Å². The molecule has 15 heteroatoms. The van der Waals surface area contributed by atoms with Crippen molar-refractivity contribution < 1.29 is 33.9 Å². The largest absolute Gasteiger partial charge is 0.477 e. The summed E-state index contributed by atoms with van der Waals surface area (Å²) in [6.07, 6.45) is 1.90. The van der Waals surface area contributed by atoms with E-state index >= 15 is 0 Å². The van der Waals surface area contributed by atoms with Crippen molar-refractivity contribution >= 4 is 57.8 Å². The average molecular weight is 483 g/mol. The summed E-state index contributed by atoms with van der Waals surface area (Å²) in [5, 5.41) is 17.0. The molecule has 0 aliphatic carbocycles. The van der Waals surface area contributed by atoms with Gasteiger partial charge in [0.1, 0.15) is 36.5 Å². The van der Waals surface area contributed by atoms with Crippen LogP contribution >= 0.6 is 23.1 Å². The van der Waals surface area contributed by atoms with E-state index in [-0.39, 0.29) is 34.6 Å². The zero-order valence-corrected chi connectivity index (χ0v) is 18.1. The van der Waals surface area contributed by atoms with E-state index in [0.717, 1.165) is 16.2 Å². The first-order valence-electron chi connectivity index (χ1n) is 8.87. The Labute approximate surface area is 189 Å². The lowest BCUT2D eigenvalue weighted by molar-refractivity contribution is -0.150. The van der Waals surface area contributed by atoms with Gasteiger partial charge in [-0.05, 0) is 11.6 Å². The van der Waals surface area contributed by atoms with Crippen molar-refractivity contribution in [2.24, 2.45) is 10.9 Å². The molecule has 2 aliphatic heterocycles. The monoisotopic (exact) mass is 482 g/mol. The van der Waals surface area contributed by atoms with Gasteiger partial charge in [0.05, 0.1) is 0 Å². The van der Waals surface area contributed by atoms with Gasteiger partial charge in [0.25, 0.3) is 11.8 Å². The third kappa shape index (κ3) is 4.67. The van der Waals surface area contributed by atoms with Gasteiger partial charge in [0.15, 0.2) is 10.8 Å². The van der Waals surface area contributed by atoms with Crippen LogP contribution in [0.3, 0.4) is 0 Å². The lowest BCUT2D eigenvalue weighted by atomic mass is 10.0. The average Bonchev–Trinajstić information content (AvgIpc) is 3.17. The molecule has 0 unspecified atom stereocenters. The number of thiazole rings is 1. The number of carbonyl (C=O) groups is 4. The van der Waals surface area contributed by atoms with E-state index in [1.54, 1.807) is 0 Å². The third-order valence-electron chi connectivity index (χ3n) is 4.29. The number of aromatic nitrogens is 1. The van der Waals surface area contributed by atoms with E-state index in [1.807, 2.05) is 0 Å². The fourth-order valence-corrected chi connectivity index (χ4v) is 4.86. The van der Waals surface area contributed by atoms with Crippen LogP contribution < -0.4 is 16.8 Å². The van der Waals surface area contributed by atoms with E-state index in [9.17, 15) is 24.3 Å². The maximum absolute atomic E-state index is 12.7. The lowest BCUT2D eigenvalue weighted by Gasteiger charge is -2.49. The number of thioether (sulfide) groups is 1. The number of rotatable bonds is 8. The number of carboxylic acid groups (broad SMARTS) is 1. The molecule has 13 nitrogen and oxygen atoms in total. The van der Waals surface area contributed by atoms with Crippen molar-refractivity contribution in [3.63, 3.8) is 0 Å². The highest BCUT2D eigenvalue weighted by molar-refractivity contribution is 8.00. The molecule has 6 N–H and O–H groups in total. The number of nitrogens with zero attached hydrogens (tertiary/aromatic N) is 3. The van der Waals surface area contributed by atoms with Crippen LogP contribution in [0.5, 0.6) is 0 Å². The molecule has 2 atom stereocenters. The molecule has 1 saturated heterocycles. The molecule has 0 saturated carbocycles. The molecule has 1 aromatic heterocycles. The van der Waals surface area contributed by atoms with Gasteiger partial charge in [0.2, 0.25) is 0 Å². The molecule has 0 radical (unpaired) electrons. The van der Waals surface area contributed by atoms with Crippen molar-refractivity contribution in [3.8, 4) is 0 Å². The van der Waals surface area contributed by atoms with Crippen LogP contribution in [0.25, 0.3) is 0 Å². The molecule has 1 fully saturated rings. The first-order chi connectivity index (χ1) is 15.2. The summed E-state index contributed by atoms with van der Waals surface area (Å²) < 4.78 is 4.57. The zero-order valence-electron chi connectivity index (χ0n) is 16.5. The second kappa shape index (κ2) is 9.69. The molecule has 0 bridgehead atoms. The number of oxime groups is 1. The summed E-state index contributed by atoms with van der Waals surface area (Å²) in [5.74, 6) is -2.37. The number of nitrogens with one attached hydrogen (secondary N) is 1. The molecule has 0 spiro atoms. The molecule has 3 rings (SSSR count). The highest BCUT2D eigenvalue weighted by Crippen LogP contribution is 2.40. The minimum absolute atomic E-state index is 0.144. The Morgan fingerprint density at radius 1 is 1.47 bits per heavy atom. The number of hydrogen-bond donors (Lipinski definition) is 4. The maximum Gasteiger partial charge on any atom is 0.404 e. The normalized spacial score (nSPS) is 20.6. The third-order valence-corrected chi connectivity index (χ3v) is 6.27. The standard InChI is InChI=1S/C17H18N6O7S2/c1-29-22-9(8-6-32-16(18)20-8)12(24)21-10-13(25)23-11(15(26)27)7(5-31-14(10)23)3-2-4-30-17(19)28/h2-3,6,10,14H,4-5H2,1H3,(H2,18,20)(H2,19,28)(H,21,24)(H,26,27)/b3-2+,22-9-/t10-,14-/m1/s1. The van der Waals surface area contributed by atoms with Crippen LogP contribution in [-0.4, -0.2) is 75.5 Å². The second-order valence-corrected chi connectivity index (χ2v) is 8.26. The van der Waals surface area contributed by atoms with Gasteiger partial charge in [-0.15, -0.1) is 23.1 Å². The number of allylic oxidation sites excluding steroid dienone is 1. The van der Waals surface area contributed by atoms with Gasteiger partial charge in [0, 0.05) is 11.1 Å². The Balaban J connectivity index is 1.75. The van der Waals surface area contributed by atoms with Gasteiger partial charge in [-0.1, -0.05) is 11.2 Å². The molecule has 170 valence electrons. The SMILES string of the molecule is CO/N=C(\C(=O)N[C@@H]1C(=O)N2C(C(=O)O)=C(/C=C/COC(N)=O)CS[C@H]12)c1csc(N)n1. The van der Waals surface area contributed by atoms with Gasteiger partial charge in [-0.2, -0.15) is 0 Å². The number of ether oxygens (including phenoxy) is 1. The molecule has 32 heavy (non-hydrogen) atoms. The molecule has 0 aromatic carbocycles. The Hall–Kier alpha value is -3.59. The summed E-state index contributed by atoms with van der Waals surface area (Å²) in [6, 6.07) is -0.969. The Morgan fingerprint density at radius 3 is 2.81 bits per heavy atom. The second-order valence-electron chi connectivity index (χ2n) is 6.27. The lowest BCUT2D eigenvalue weighted by Crippen LogP contribution is -2.71. The number of carbonyl (C=O) groups excluding carboxylic acids is 3. The summed E-state index contributed by atoms with van der Waals surface area (Å²) in [6.45, 7) is -0.144. The predicted octanol–water partition coefficient (Wildman–Crippen LogP) is -0.534. The highest BCUT2D eigenvalue weighted by atomic mass is 32.2. The van der Waals surface area contributed by atoms with E-state index in [2.05, 4.69) is 20.2 Å². The number of carboxylic acids is 1. The first kappa shape index (κ1) is 23.1. The van der Waals surface area contributed by atoms with Crippen molar-refractivity contribution in [3.05, 3.63) is 34.5 Å². The van der Waals surface area contributed by atoms with E-state index in [1.165, 1.54) is 36.4 Å². The summed E-state index contributed by atoms with van der Waals surface area (Å²) in [5.41, 5.74) is 10.6. The molecule has 3 amide bonds. The zero-order chi connectivity index (χ0) is 23.4. The summed E-state index contributed by atoms with van der Waals surface area (Å²) >= 11 is 2.37. The number of β-lactam (4-membered cyclic amide) rings is 1. The Kier molecular flexibility index (Phi) is 6.99.